The first-order valence-corrected chi connectivity index (χ1v) is 9.03. The number of nitrogens with one attached hydrogen (secondary N) is 3. The van der Waals surface area contributed by atoms with Gasteiger partial charge in [0.15, 0.2) is 6.61 Å². The standard InChI is InChI=1S/C21H27N3O3/c1-14(2)16-5-11-19(12-6-16)27-13-20(25)23-17-7-9-18(10-8-17)24-21(26)22-15(3)4/h5-12,14-15H,13H2,1-4H3,(H,23,25)(H2,22,24,26). The van der Waals surface area contributed by atoms with E-state index in [0.717, 1.165) is 0 Å². The van der Waals surface area contributed by atoms with Crippen LogP contribution in [0.3, 0.4) is 0 Å². The molecule has 0 bridgehead atoms. The molecule has 0 fully saturated rings. The number of carbonyl (C=O) groups excluding carboxylic acids is 2. The Morgan fingerprint density at radius 3 is 1.93 bits per heavy atom. The molecule has 0 saturated carbocycles. The summed E-state index contributed by atoms with van der Waals surface area (Å²) in [5.41, 5.74) is 2.50. The lowest BCUT2D eigenvalue weighted by Gasteiger charge is -2.11. The Labute approximate surface area is 160 Å². The summed E-state index contributed by atoms with van der Waals surface area (Å²) in [6, 6.07) is 14.4. The largest absolute Gasteiger partial charge is 0.484 e. The minimum atomic E-state index is -0.265. The van der Waals surface area contributed by atoms with Gasteiger partial charge in [0.25, 0.3) is 5.91 Å². The van der Waals surface area contributed by atoms with Gasteiger partial charge in [-0.25, -0.2) is 4.79 Å². The van der Waals surface area contributed by atoms with Crippen LogP contribution in [0.4, 0.5) is 16.2 Å². The number of benzene rings is 2. The van der Waals surface area contributed by atoms with Crippen LogP contribution >= 0.6 is 0 Å². The van der Waals surface area contributed by atoms with Gasteiger partial charge in [-0.05, 0) is 61.7 Å². The summed E-state index contributed by atoms with van der Waals surface area (Å²) in [4.78, 5) is 23.7. The molecule has 6 nitrogen and oxygen atoms in total. The molecule has 3 amide bonds. The van der Waals surface area contributed by atoms with Crippen LogP contribution in [0.5, 0.6) is 5.75 Å². The van der Waals surface area contributed by atoms with E-state index in [2.05, 4.69) is 29.8 Å². The third-order valence-corrected chi connectivity index (χ3v) is 3.76. The highest BCUT2D eigenvalue weighted by atomic mass is 16.5. The maximum absolute atomic E-state index is 12.0. The van der Waals surface area contributed by atoms with Gasteiger partial charge in [-0.2, -0.15) is 0 Å². The summed E-state index contributed by atoms with van der Waals surface area (Å²) >= 11 is 0. The average molecular weight is 369 g/mol. The van der Waals surface area contributed by atoms with E-state index in [-0.39, 0.29) is 24.6 Å². The first-order valence-electron chi connectivity index (χ1n) is 9.03. The molecular formula is C21H27N3O3. The van der Waals surface area contributed by atoms with E-state index in [1.165, 1.54) is 5.56 Å². The molecule has 0 aliphatic rings. The lowest BCUT2D eigenvalue weighted by molar-refractivity contribution is -0.118. The molecule has 0 heterocycles. The van der Waals surface area contributed by atoms with E-state index in [1.54, 1.807) is 24.3 Å². The van der Waals surface area contributed by atoms with E-state index >= 15 is 0 Å². The first kappa shape index (κ1) is 20.3. The van der Waals surface area contributed by atoms with Crippen molar-refractivity contribution in [3.8, 4) is 5.75 Å². The van der Waals surface area contributed by atoms with Crippen molar-refractivity contribution in [1.29, 1.82) is 0 Å². The van der Waals surface area contributed by atoms with Crippen molar-refractivity contribution in [2.24, 2.45) is 0 Å². The Morgan fingerprint density at radius 1 is 0.852 bits per heavy atom. The number of amides is 3. The van der Waals surface area contributed by atoms with Gasteiger partial charge in [0.2, 0.25) is 0 Å². The van der Waals surface area contributed by atoms with Crippen molar-refractivity contribution >= 4 is 23.3 Å². The summed E-state index contributed by atoms with van der Waals surface area (Å²) in [6.07, 6.45) is 0. The van der Waals surface area contributed by atoms with Crippen LogP contribution in [0, 0.1) is 0 Å². The molecule has 6 heteroatoms. The normalized spacial score (nSPS) is 10.6. The molecule has 3 N–H and O–H groups in total. The topological polar surface area (TPSA) is 79.5 Å². The molecule has 0 radical (unpaired) electrons. The molecule has 144 valence electrons. The van der Waals surface area contributed by atoms with E-state index in [0.29, 0.717) is 23.0 Å². The van der Waals surface area contributed by atoms with Crippen LogP contribution in [0.1, 0.15) is 39.2 Å². The fraction of sp³-hybridized carbons (Fsp3) is 0.333. The fourth-order valence-electron chi connectivity index (χ4n) is 2.36. The predicted octanol–water partition coefficient (Wildman–Crippen LogP) is 4.36. The van der Waals surface area contributed by atoms with Crippen LogP contribution in [0.15, 0.2) is 48.5 Å². The number of hydrogen-bond acceptors (Lipinski definition) is 3. The average Bonchev–Trinajstić information content (AvgIpc) is 2.61. The van der Waals surface area contributed by atoms with E-state index in [4.69, 9.17) is 4.74 Å². The molecule has 0 aliphatic heterocycles. The number of carbonyl (C=O) groups is 2. The van der Waals surface area contributed by atoms with Gasteiger partial charge in [0, 0.05) is 17.4 Å². The van der Waals surface area contributed by atoms with Crippen molar-refractivity contribution in [1.82, 2.24) is 5.32 Å². The second kappa shape index (κ2) is 9.62. The van der Waals surface area contributed by atoms with Gasteiger partial charge in [-0.3, -0.25) is 4.79 Å². The minimum Gasteiger partial charge on any atom is -0.484 e. The van der Waals surface area contributed by atoms with Gasteiger partial charge in [0.05, 0.1) is 0 Å². The number of ether oxygens (including phenoxy) is 1. The monoisotopic (exact) mass is 369 g/mol. The fourth-order valence-corrected chi connectivity index (χ4v) is 2.36. The zero-order valence-electron chi connectivity index (χ0n) is 16.2. The molecule has 0 unspecified atom stereocenters. The van der Waals surface area contributed by atoms with Gasteiger partial charge in [-0.1, -0.05) is 26.0 Å². The summed E-state index contributed by atoms with van der Waals surface area (Å²) < 4.78 is 5.51. The smallest absolute Gasteiger partial charge is 0.319 e. The Hall–Kier alpha value is -3.02. The highest BCUT2D eigenvalue weighted by Gasteiger charge is 2.06. The number of urea groups is 1. The lowest BCUT2D eigenvalue weighted by Crippen LogP contribution is -2.34. The molecule has 2 aromatic carbocycles. The molecule has 0 aromatic heterocycles. The third-order valence-electron chi connectivity index (χ3n) is 3.76. The molecule has 2 aromatic rings. The highest BCUT2D eigenvalue weighted by Crippen LogP contribution is 2.18. The Kier molecular flexibility index (Phi) is 7.23. The Morgan fingerprint density at radius 2 is 1.41 bits per heavy atom. The highest BCUT2D eigenvalue weighted by molar-refractivity contribution is 5.93. The molecule has 0 saturated heterocycles. The van der Waals surface area contributed by atoms with E-state index < -0.39 is 0 Å². The van der Waals surface area contributed by atoms with E-state index in [1.807, 2.05) is 38.1 Å². The second-order valence-corrected chi connectivity index (χ2v) is 6.89. The summed E-state index contributed by atoms with van der Waals surface area (Å²) in [7, 11) is 0. The second-order valence-electron chi connectivity index (χ2n) is 6.89. The van der Waals surface area contributed by atoms with Crippen LogP contribution in [-0.2, 0) is 4.79 Å². The third kappa shape index (κ3) is 7.01. The predicted molar refractivity (Wildman–Crippen MR) is 108 cm³/mol. The SMILES string of the molecule is CC(C)NC(=O)Nc1ccc(NC(=O)COc2ccc(C(C)C)cc2)cc1. The molecule has 0 atom stereocenters. The van der Waals surface area contributed by atoms with Crippen LogP contribution < -0.4 is 20.7 Å². The number of anilines is 2. The molecule has 2 rings (SSSR count). The van der Waals surface area contributed by atoms with Crippen molar-refractivity contribution in [3.05, 3.63) is 54.1 Å². The van der Waals surface area contributed by atoms with Crippen molar-refractivity contribution in [3.63, 3.8) is 0 Å². The quantitative estimate of drug-likeness (QED) is 0.678. The van der Waals surface area contributed by atoms with Gasteiger partial charge < -0.3 is 20.7 Å². The zero-order valence-corrected chi connectivity index (χ0v) is 16.2. The maximum atomic E-state index is 12.0. The number of hydrogen-bond donors (Lipinski definition) is 3. The van der Waals surface area contributed by atoms with Crippen molar-refractivity contribution < 1.29 is 14.3 Å². The molecule has 27 heavy (non-hydrogen) atoms. The van der Waals surface area contributed by atoms with Crippen LogP contribution in [0.25, 0.3) is 0 Å². The maximum Gasteiger partial charge on any atom is 0.319 e. The summed E-state index contributed by atoms with van der Waals surface area (Å²) in [6.45, 7) is 7.96. The lowest BCUT2D eigenvalue weighted by atomic mass is 10.0. The summed E-state index contributed by atoms with van der Waals surface area (Å²) in [5, 5.41) is 8.23. The molecular weight excluding hydrogens is 342 g/mol. The van der Waals surface area contributed by atoms with Crippen LogP contribution in [0.2, 0.25) is 0 Å². The van der Waals surface area contributed by atoms with Gasteiger partial charge in [0.1, 0.15) is 5.75 Å². The Balaban J connectivity index is 1.80. The van der Waals surface area contributed by atoms with Gasteiger partial charge in [-0.15, -0.1) is 0 Å². The van der Waals surface area contributed by atoms with E-state index in [9.17, 15) is 9.59 Å². The van der Waals surface area contributed by atoms with Crippen molar-refractivity contribution in [2.45, 2.75) is 39.7 Å². The van der Waals surface area contributed by atoms with Gasteiger partial charge >= 0.3 is 6.03 Å². The Bertz CT molecular complexity index is 753. The van der Waals surface area contributed by atoms with Crippen LogP contribution in [-0.4, -0.2) is 24.6 Å². The zero-order chi connectivity index (χ0) is 19.8. The summed E-state index contributed by atoms with van der Waals surface area (Å²) in [5.74, 6) is 0.864. The molecule has 0 spiro atoms. The minimum absolute atomic E-state index is 0.0603. The van der Waals surface area contributed by atoms with Crippen molar-refractivity contribution in [2.75, 3.05) is 17.2 Å². The number of rotatable bonds is 7. The molecule has 0 aliphatic carbocycles. The first-order chi connectivity index (χ1) is 12.8.